The Hall–Kier alpha value is -1.42. The first-order chi connectivity index (χ1) is 9.11. The first-order valence-electron chi connectivity index (χ1n) is 6.64. The molecule has 1 aliphatic heterocycles. The number of halogens is 1. The molecule has 4 nitrogen and oxygen atoms in total. The van der Waals surface area contributed by atoms with Crippen molar-refractivity contribution in [1.82, 2.24) is 0 Å². The second-order valence-electron chi connectivity index (χ2n) is 5.17. The molecule has 1 aromatic carbocycles. The zero-order valence-electron chi connectivity index (χ0n) is 11.1. The molecule has 0 aliphatic carbocycles. The molecule has 104 valence electrons. The molecular formula is C14H20ClN3O. The van der Waals surface area contributed by atoms with E-state index >= 15 is 0 Å². The molecule has 1 aliphatic rings. The monoisotopic (exact) mass is 281 g/mol. The van der Waals surface area contributed by atoms with E-state index < -0.39 is 0 Å². The first-order valence-corrected chi connectivity index (χ1v) is 7.02. The number of nitrogens with two attached hydrogens (primary N) is 1. The number of benzene rings is 1. The van der Waals surface area contributed by atoms with E-state index in [-0.39, 0.29) is 5.84 Å². The van der Waals surface area contributed by atoms with Crippen LogP contribution in [0.3, 0.4) is 0 Å². The molecule has 0 radical (unpaired) electrons. The van der Waals surface area contributed by atoms with Gasteiger partial charge in [-0.3, -0.25) is 0 Å². The van der Waals surface area contributed by atoms with Gasteiger partial charge in [-0.15, -0.1) is 0 Å². The summed E-state index contributed by atoms with van der Waals surface area (Å²) in [7, 11) is 0. The molecule has 0 bridgehead atoms. The number of rotatable bonds is 2. The van der Waals surface area contributed by atoms with Crippen LogP contribution in [0.5, 0.6) is 0 Å². The minimum absolute atomic E-state index is 0.106. The van der Waals surface area contributed by atoms with E-state index in [2.05, 4.69) is 17.0 Å². The summed E-state index contributed by atoms with van der Waals surface area (Å²) in [6.45, 7) is 4.28. The van der Waals surface area contributed by atoms with Gasteiger partial charge in [-0.05, 0) is 43.4 Å². The summed E-state index contributed by atoms with van der Waals surface area (Å²) in [6, 6.07) is 5.55. The molecule has 5 heteroatoms. The highest BCUT2D eigenvalue weighted by atomic mass is 35.5. The minimum atomic E-state index is 0.106. The summed E-state index contributed by atoms with van der Waals surface area (Å²) in [4.78, 5) is 2.30. The maximum absolute atomic E-state index is 8.90. The van der Waals surface area contributed by atoms with Crippen LogP contribution in [0.2, 0.25) is 5.02 Å². The van der Waals surface area contributed by atoms with E-state index in [1.807, 2.05) is 12.1 Å². The summed E-state index contributed by atoms with van der Waals surface area (Å²) in [5.41, 5.74) is 7.44. The molecule has 1 saturated heterocycles. The highest BCUT2D eigenvalue weighted by Gasteiger charge is 2.18. The molecule has 0 aromatic heterocycles. The zero-order chi connectivity index (χ0) is 13.8. The van der Waals surface area contributed by atoms with E-state index in [4.69, 9.17) is 22.5 Å². The van der Waals surface area contributed by atoms with Gasteiger partial charge >= 0.3 is 0 Å². The molecule has 19 heavy (non-hydrogen) atoms. The summed E-state index contributed by atoms with van der Waals surface area (Å²) >= 11 is 6.00. The van der Waals surface area contributed by atoms with Gasteiger partial charge in [0.15, 0.2) is 5.84 Å². The van der Waals surface area contributed by atoms with Gasteiger partial charge in [0.2, 0.25) is 0 Å². The van der Waals surface area contributed by atoms with Gasteiger partial charge in [-0.2, -0.15) is 0 Å². The number of hydrogen-bond donors (Lipinski definition) is 2. The molecule has 0 amide bonds. The van der Waals surface area contributed by atoms with Gasteiger partial charge in [0.1, 0.15) is 0 Å². The van der Waals surface area contributed by atoms with Gasteiger partial charge in [0.25, 0.3) is 0 Å². The first kappa shape index (κ1) is 14.0. The molecule has 1 aromatic rings. The van der Waals surface area contributed by atoms with Crippen LogP contribution in [-0.4, -0.2) is 24.1 Å². The second-order valence-corrected chi connectivity index (χ2v) is 5.61. The fraction of sp³-hybridized carbons (Fsp3) is 0.500. The fourth-order valence-electron chi connectivity index (χ4n) is 2.55. The Balaban J connectivity index is 2.33. The third-order valence-electron chi connectivity index (χ3n) is 3.70. The largest absolute Gasteiger partial charge is 0.409 e. The van der Waals surface area contributed by atoms with Crippen LogP contribution in [-0.2, 0) is 0 Å². The molecule has 3 N–H and O–H groups in total. The summed E-state index contributed by atoms with van der Waals surface area (Å²) < 4.78 is 0. The summed E-state index contributed by atoms with van der Waals surface area (Å²) in [5, 5.41) is 12.6. The van der Waals surface area contributed by atoms with Crippen LogP contribution in [0.25, 0.3) is 0 Å². The molecule has 1 atom stereocenters. The highest BCUT2D eigenvalue weighted by molar-refractivity contribution is 6.31. The van der Waals surface area contributed by atoms with Crippen molar-refractivity contribution in [1.29, 1.82) is 0 Å². The molecule has 2 rings (SSSR count). The second kappa shape index (κ2) is 6.15. The van der Waals surface area contributed by atoms with E-state index in [9.17, 15) is 0 Å². The van der Waals surface area contributed by atoms with Gasteiger partial charge < -0.3 is 15.8 Å². The van der Waals surface area contributed by atoms with E-state index in [1.165, 1.54) is 12.8 Å². The van der Waals surface area contributed by atoms with Crippen LogP contribution in [0.4, 0.5) is 5.69 Å². The Kier molecular flexibility index (Phi) is 4.53. The lowest BCUT2D eigenvalue weighted by Crippen LogP contribution is -2.27. The lowest BCUT2D eigenvalue weighted by Gasteiger charge is -2.25. The van der Waals surface area contributed by atoms with E-state index in [1.54, 1.807) is 6.07 Å². The number of nitrogens with zero attached hydrogens (tertiary/aromatic N) is 2. The normalized spacial score (nSPS) is 21.3. The minimum Gasteiger partial charge on any atom is -0.409 e. The van der Waals surface area contributed by atoms with Crippen LogP contribution in [0.15, 0.2) is 23.4 Å². The fourth-order valence-corrected chi connectivity index (χ4v) is 2.72. The SMILES string of the molecule is CC1CCCN(c2ccc(Cl)cc2/C(N)=N/O)CC1. The van der Waals surface area contributed by atoms with Crippen LogP contribution in [0, 0.1) is 5.92 Å². The quantitative estimate of drug-likeness (QED) is 0.379. The molecule has 1 unspecified atom stereocenters. The van der Waals surface area contributed by atoms with Gasteiger partial charge in [0.05, 0.1) is 0 Å². The van der Waals surface area contributed by atoms with Crippen molar-refractivity contribution in [2.75, 3.05) is 18.0 Å². The third-order valence-corrected chi connectivity index (χ3v) is 3.93. The van der Waals surface area contributed by atoms with Crippen molar-refractivity contribution >= 4 is 23.1 Å². The number of amidine groups is 1. The molecule has 0 spiro atoms. The average Bonchev–Trinajstić information content (AvgIpc) is 2.62. The van der Waals surface area contributed by atoms with E-state index in [0.29, 0.717) is 10.6 Å². The number of anilines is 1. The Morgan fingerprint density at radius 2 is 2.21 bits per heavy atom. The lowest BCUT2D eigenvalue weighted by molar-refractivity contribution is 0.318. The maximum Gasteiger partial charge on any atom is 0.172 e. The molecular weight excluding hydrogens is 262 g/mol. The molecule has 1 heterocycles. The van der Waals surface area contributed by atoms with Gasteiger partial charge in [0, 0.05) is 29.4 Å². The van der Waals surface area contributed by atoms with Crippen LogP contribution >= 0.6 is 11.6 Å². The summed E-state index contributed by atoms with van der Waals surface area (Å²) in [6.07, 6.45) is 3.58. The Labute approximate surface area is 118 Å². The predicted octanol–water partition coefficient (Wildman–Crippen LogP) is 3.06. The predicted molar refractivity (Wildman–Crippen MR) is 79.2 cm³/mol. The Morgan fingerprint density at radius 3 is 2.95 bits per heavy atom. The van der Waals surface area contributed by atoms with E-state index in [0.717, 1.165) is 31.1 Å². The van der Waals surface area contributed by atoms with Crippen molar-refractivity contribution in [2.45, 2.75) is 26.2 Å². The Bertz CT molecular complexity index is 476. The molecule has 0 saturated carbocycles. The smallest absolute Gasteiger partial charge is 0.172 e. The van der Waals surface area contributed by atoms with Gasteiger partial charge in [-0.1, -0.05) is 23.7 Å². The Morgan fingerprint density at radius 1 is 1.42 bits per heavy atom. The lowest BCUT2D eigenvalue weighted by atomic mass is 10.0. The number of hydrogen-bond acceptors (Lipinski definition) is 3. The maximum atomic E-state index is 8.90. The standard InChI is InChI=1S/C14H20ClN3O/c1-10-3-2-7-18(8-6-10)13-5-4-11(15)9-12(13)14(16)17-19/h4-5,9-10,19H,2-3,6-8H2,1H3,(H2,16,17). The topological polar surface area (TPSA) is 61.8 Å². The highest BCUT2D eigenvalue weighted by Crippen LogP contribution is 2.27. The van der Waals surface area contributed by atoms with Crippen molar-refractivity contribution in [3.05, 3.63) is 28.8 Å². The third kappa shape index (κ3) is 3.32. The molecule has 1 fully saturated rings. The van der Waals surface area contributed by atoms with Crippen LogP contribution in [0.1, 0.15) is 31.7 Å². The van der Waals surface area contributed by atoms with Crippen molar-refractivity contribution in [3.8, 4) is 0 Å². The van der Waals surface area contributed by atoms with Crippen molar-refractivity contribution < 1.29 is 5.21 Å². The van der Waals surface area contributed by atoms with Crippen LogP contribution < -0.4 is 10.6 Å². The van der Waals surface area contributed by atoms with Gasteiger partial charge in [-0.25, -0.2) is 0 Å². The average molecular weight is 282 g/mol. The van der Waals surface area contributed by atoms with Crippen molar-refractivity contribution in [2.24, 2.45) is 16.8 Å². The number of oxime groups is 1. The zero-order valence-corrected chi connectivity index (χ0v) is 11.9. The van der Waals surface area contributed by atoms with Crippen molar-refractivity contribution in [3.63, 3.8) is 0 Å². The summed E-state index contributed by atoms with van der Waals surface area (Å²) in [5.74, 6) is 0.861.